The second kappa shape index (κ2) is 7.43. The van der Waals surface area contributed by atoms with E-state index >= 15 is 0 Å². The van der Waals surface area contributed by atoms with E-state index in [1.165, 1.54) is 0 Å². The molecule has 1 atom stereocenters. The van der Waals surface area contributed by atoms with Gasteiger partial charge < -0.3 is 10.2 Å². The van der Waals surface area contributed by atoms with E-state index in [0.717, 1.165) is 38.2 Å². The predicted octanol–water partition coefficient (Wildman–Crippen LogP) is 1.85. The fourth-order valence-corrected chi connectivity index (χ4v) is 2.29. The summed E-state index contributed by atoms with van der Waals surface area (Å²) in [4.78, 5) is 12.6. The van der Waals surface area contributed by atoms with Crippen LogP contribution in [-0.4, -0.2) is 42.0 Å². The number of hydrogen-bond acceptors (Lipinski definition) is 4. The van der Waals surface area contributed by atoms with Crippen molar-refractivity contribution >= 4 is 18.1 Å². The lowest BCUT2D eigenvalue weighted by molar-refractivity contribution is -0.384. The van der Waals surface area contributed by atoms with Crippen LogP contribution in [0.4, 0.5) is 5.69 Å². The van der Waals surface area contributed by atoms with Crippen molar-refractivity contribution in [2.75, 3.05) is 26.2 Å². The zero-order valence-corrected chi connectivity index (χ0v) is 11.9. The van der Waals surface area contributed by atoms with Crippen LogP contribution in [0.5, 0.6) is 0 Å². The van der Waals surface area contributed by atoms with Gasteiger partial charge in [-0.25, -0.2) is 0 Å². The summed E-state index contributed by atoms with van der Waals surface area (Å²) in [7, 11) is 0. The van der Waals surface area contributed by atoms with E-state index in [-0.39, 0.29) is 23.0 Å². The second-order valence-corrected chi connectivity index (χ2v) is 4.83. The van der Waals surface area contributed by atoms with E-state index < -0.39 is 0 Å². The molecule has 1 fully saturated rings. The molecule has 1 saturated heterocycles. The minimum absolute atomic E-state index is 0. The Kier molecular flexibility index (Phi) is 6.21. The summed E-state index contributed by atoms with van der Waals surface area (Å²) in [5.74, 6) is 0. The van der Waals surface area contributed by atoms with Crippen LogP contribution in [-0.2, 0) is 6.42 Å². The fraction of sp³-hybridized carbons (Fsp3) is 0.538. The smallest absolute Gasteiger partial charge is 0.269 e. The third-order valence-corrected chi connectivity index (χ3v) is 3.32. The van der Waals surface area contributed by atoms with E-state index in [1.807, 2.05) is 12.1 Å². The maximum atomic E-state index is 10.5. The topological polar surface area (TPSA) is 58.4 Å². The molecule has 0 spiro atoms. The lowest BCUT2D eigenvalue weighted by Crippen LogP contribution is -2.49. The summed E-state index contributed by atoms with van der Waals surface area (Å²) in [6.07, 6.45) is 0.949. The molecule has 1 aromatic carbocycles. The number of nitrogens with one attached hydrogen (secondary N) is 1. The first-order chi connectivity index (χ1) is 8.65. The number of hydrogen-bond donors (Lipinski definition) is 1. The van der Waals surface area contributed by atoms with Gasteiger partial charge in [-0.05, 0) is 18.9 Å². The molecule has 1 heterocycles. The van der Waals surface area contributed by atoms with Crippen molar-refractivity contribution in [2.24, 2.45) is 0 Å². The highest BCUT2D eigenvalue weighted by Gasteiger charge is 2.14. The van der Waals surface area contributed by atoms with Crippen LogP contribution in [0.15, 0.2) is 24.3 Å². The summed E-state index contributed by atoms with van der Waals surface area (Å²) in [5, 5.41) is 14.0. The Morgan fingerprint density at radius 1 is 1.42 bits per heavy atom. The highest BCUT2D eigenvalue weighted by Crippen LogP contribution is 2.12. The Morgan fingerprint density at radius 3 is 2.68 bits per heavy atom. The quantitative estimate of drug-likeness (QED) is 0.678. The number of nitro benzene ring substituents is 1. The van der Waals surface area contributed by atoms with Gasteiger partial charge in [-0.1, -0.05) is 12.1 Å². The van der Waals surface area contributed by atoms with Crippen LogP contribution in [0.2, 0.25) is 0 Å². The number of non-ortho nitro benzene ring substituents is 1. The average Bonchev–Trinajstić information content (AvgIpc) is 2.37. The Bertz CT molecular complexity index is 411. The standard InChI is InChI=1S/C13H19N3O2.ClH/c1-11-10-15(9-7-14-11)8-6-12-2-4-13(5-3-12)16(17)18;/h2-5,11,14H,6-10H2,1H3;1H. The van der Waals surface area contributed by atoms with Crippen LogP contribution in [0, 0.1) is 10.1 Å². The van der Waals surface area contributed by atoms with Gasteiger partial charge in [0, 0.05) is 44.4 Å². The number of rotatable bonds is 4. The Morgan fingerprint density at radius 2 is 2.11 bits per heavy atom. The predicted molar refractivity (Wildman–Crippen MR) is 78.0 cm³/mol. The molecule has 1 unspecified atom stereocenters. The van der Waals surface area contributed by atoms with E-state index in [4.69, 9.17) is 0 Å². The summed E-state index contributed by atoms with van der Waals surface area (Å²) in [6, 6.07) is 7.41. The lowest BCUT2D eigenvalue weighted by Gasteiger charge is -2.31. The molecule has 0 aliphatic carbocycles. The van der Waals surface area contributed by atoms with Crippen molar-refractivity contribution in [2.45, 2.75) is 19.4 Å². The Labute approximate surface area is 119 Å². The molecule has 2 rings (SSSR count). The Balaban J connectivity index is 0.00000180. The number of piperazine rings is 1. The fourth-order valence-electron chi connectivity index (χ4n) is 2.29. The van der Waals surface area contributed by atoms with E-state index in [0.29, 0.717) is 6.04 Å². The monoisotopic (exact) mass is 285 g/mol. The van der Waals surface area contributed by atoms with Crippen molar-refractivity contribution in [3.63, 3.8) is 0 Å². The zero-order valence-electron chi connectivity index (χ0n) is 11.0. The van der Waals surface area contributed by atoms with Gasteiger partial charge in [0.2, 0.25) is 0 Å². The summed E-state index contributed by atoms with van der Waals surface area (Å²) >= 11 is 0. The van der Waals surface area contributed by atoms with E-state index in [1.54, 1.807) is 12.1 Å². The number of halogens is 1. The van der Waals surface area contributed by atoms with Gasteiger partial charge in [0.25, 0.3) is 5.69 Å². The molecule has 19 heavy (non-hydrogen) atoms. The minimum Gasteiger partial charge on any atom is -0.312 e. The molecule has 0 bridgehead atoms. The molecule has 1 aromatic rings. The highest BCUT2D eigenvalue weighted by molar-refractivity contribution is 5.85. The first-order valence-electron chi connectivity index (χ1n) is 6.34. The van der Waals surface area contributed by atoms with Crippen molar-refractivity contribution in [3.05, 3.63) is 39.9 Å². The summed E-state index contributed by atoms with van der Waals surface area (Å²) in [6.45, 7) is 6.41. The normalized spacial score (nSPS) is 19.7. The summed E-state index contributed by atoms with van der Waals surface area (Å²) < 4.78 is 0. The van der Waals surface area contributed by atoms with E-state index in [2.05, 4.69) is 17.1 Å². The molecule has 0 amide bonds. The van der Waals surface area contributed by atoms with Gasteiger partial charge in [-0.3, -0.25) is 10.1 Å². The molecule has 5 nitrogen and oxygen atoms in total. The first-order valence-corrected chi connectivity index (χ1v) is 6.34. The van der Waals surface area contributed by atoms with Crippen LogP contribution in [0.1, 0.15) is 12.5 Å². The SMILES string of the molecule is CC1CN(CCc2ccc([N+](=O)[O-])cc2)CCN1.Cl. The van der Waals surface area contributed by atoms with Crippen LogP contribution in [0.3, 0.4) is 0 Å². The number of nitrogens with zero attached hydrogens (tertiary/aromatic N) is 2. The van der Waals surface area contributed by atoms with Crippen molar-refractivity contribution < 1.29 is 4.92 Å². The van der Waals surface area contributed by atoms with Gasteiger partial charge in [0.1, 0.15) is 0 Å². The van der Waals surface area contributed by atoms with Crippen molar-refractivity contribution in [1.29, 1.82) is 0 Å². The molecule has 106 valence electrons. The first kappa shape index (κ1) is 15.9. The summed E-state index contributed by atoms with van der Waals surface area (Å²) in [5.41, 5.74) is 1.32. The second-order valence-electron chi connectivity index (χ2n) is 4.83. The maximum absolute atomic E-state index is 10.5. The van der Waals surface area contributed by atoms with Crippen molar-refractivity contribution in [1.82, 2.24) is 10.2 Å². The van der Waals surface area contributed by atoms with Gasteiger partial charge in [0.05, 0.1) is 4.92 Å². The third-order valence-electron chi connectivity index (χ3n) is 3.32. The minimum atomic E-state index is -0.359. The van der Waals surface area contributed by atoms with E-state index in [9.17, 15) is 10.1 Å². The maximum Gasteiger partial charge on any atom is 0.269 e. The Hall–Kier alpha value is -1.17. The van der Waals surface area contributed by atoms with Crippen LogP contribution < -0.4 is 5.32 Å². The molecular formula is C13H20ClN3O2. The molecule has 0 saturated carbocycles. The molecule has 1 N–H and O–H groups in total. The molecule has 0 radical (unpaired) electrons. The lowest BCUT2D eigenvalue weighted by atomic mass is 10.1. The number of nitro groups is 1. The zero-order chi connectivity index (χ0) is 13.0. The molecular weight excluding hydrogens is 266 g/mol. The largest absolute Gasteiger partial charge is 0.312 e. The van der Waals surface area contributed by atoms with Gasteiger partial charge in [-0.15, -0.1) is 12.4 Å². The van der Waals surface area contributed by atoms with Crippen molar-refractivity contribution in [3.8, 4) is 0 Å². The van der Waals surface area contributed by atoms with Crippen LogP contribution >= 0.6 is 12.4 Å². The highest BCUT2D eigenvalue weighted by atomic mass is 35.5. The van der Waals surface area contributed by atoms with Gasteiger partial charge in [0.15, 0.2) is 0 Å². The van der Waals surface area contributed by atoms with Gasteiger partial charge in [-0.2, -0.15) is 0 Å². The molecule has 6 heteroatoms. The average molecular weight is 286 g/mol. The molecule has 1 aliphatic heterocycles. The molecule has 0 aromatic heterocycles. The van der Waals surface area contributed by atoms with Crippen LogP contribution in [0.25, 0.3) is 0 Å². The number of benzene rings is 1. The molecule has 1 aliphatic rings. The van der Waals surface area contributed by atoms with Gasteiger partial charge >= 0.3 is 0 Å². The third kappa shape index (κ3) is 4.78.